The number of carbonyl (C=O) groups is 1. The summed E-state index contributed by atoms with van der Waals surface area (Å²) in [6.07, 6.45) is 2.25. The fraction of sp³-hybridized carbons (Fsp3) is 0.588. The summed E-state index contributed by atoms with van der Waals surface area (Å²) in [4.78, 5) is 14.3. The average molecular weight is 339 g/mol. The highest BCUT2D eigenvalue weighted by molar-refractivity contribution is 6.32. The lowest BCUT2D eigenvalue weighted by Gasteiger charge is -2.33. The number of piperidine rings is 1. The highest BCUT2D eigenvalue weighted by atomic mass is 35.5. The first-order chi connectivity index (χ1) is 11.2. The molecule has 3 rings (SSSR count). The molecule has 2 heterocycles. The molecule has 0 unspecified atom stereocenters. The molecule has 0 saturated carbocycles. The molecule has 2 saturated heterocycles. The lowest BCUT2D eigenvalue weighted by molar-refractivity contribution is -0.136. The van der Waals surface area contributed by atoms with Gasteiger partial charge in [0.15, 0.2) is 0 Å². The SMILES string of the molecule is O=C(C[C@@H]1CNCCO1)N1CCC(Oc2ccccc2Cl)CC1. The van der Waals surface area contributed by atoms with Crippen molar-refractivity contribution in [2.24, 2.45) is 0 Å². The average Bonchev–Trinajstić information content (AvgIpc) is 2.58. The number of rotatable bonds is 4. The van der Waals surface area contributed by atoms with Crippen LogP contribution in [0.3, 0.4) is 0 Å². The van der Waals surface area contributed by atoms with Crippen LogP contribution < -0.4 is 10.1 Å². The number of hydrogen-bond acceptors (Lipinski definition) is 4. The van der Waals surface area contributed by atoms with E-state index in [-0.39, 0.29) is 18.1 Å². The molecule has 0 radical (unpaired) electrons. The molecule has 1 aromatic rings. The molecular weight excluding hydrogens is 316 g/mol. The highest BCUT2D eigenvalue weighted by Crippen LogP contribution is 2.27. The van der Waals surface area contributed by atoms with Crippen LogP contribution in [0.1, 0.15) is 19.3 Å². The van der Waals surface area contributed by atoms with Gasteiger partial charge in [0.1, 0.15) is 11.9 Å². The molecule has 126 valence electrons. The quantitative estimate of drug-likeness (QED) is 0.913. The Kier molecular flexibility index (Phi) is 5.75. The maximum absolute atomic E-state index is 12.3. The summed E-state index contributed by atoms with van der Waals surface area (Å²) in [5, 5.41) is 3.89. The van der Waals surface area contributed by atoms with E-state index in [9.17, 15) is 4.79 Å². The summed E-state index contributed by atoms with van der Waals surface area (Å²) in [6, 6.07) is 7.51. The first kappa shape index (κ1) is 16.6. The molecule has 1 amide bonds. The van der Waals surface area contributed by atoms with E-state index in [2.05, 4.69) is 5.32 Å². The van der Waals surface area contributed by atoms with Gasteiger partial charge in [0.25, 0.3) is 0 Å². The molecule has 1 N–H and O–H groups in total. The van der Waals surface area contributed by atoms with Crippen LogP contribution in [0.25, 0.3) is 0 Å². The van der Waals surface area contributed by atoms with Crippen molar-refractivity contribution >= 4 is 17.5 Å². The first-order valence-electron chi connectivity index (χ1n) is 8.23. The van der Waals surface area contributed by atoms with E-state index < -0.39 is 0 Å². The van der Waals surface area contributed by atoms with Crippen LogP contribution in [-0.2, 0) is 9.53 Å². The van der Waals surface area contributed by atoms with Gasteiger partial charge < -0.3 is 19.7 Å². The van der Waals surface area contributed by atoms with Gasteiger partial charge in [-0.25, -0.2) is 0 Å². The monoisotopic (exact) mass is 338 g/mol. The zero-order valence-corrected chi connectivity index (χ0v) is 13.9. The molecule has 2 aliphatic heterocycles. The van der Waals surface area contributed by atoms with E-state index in [0.29, 0.717) is 18.1 Å². The lowest BCUT2D eigenvalue weighted by Crippen LogP contribution is -2.45. The van der Waals surface area contributed by atoms with Crippen LogP contribution in [-0.4, -0.2) is 55.8 Å². The number of nitrogens with one attached hydrogen (secondary N) is 1. The molecule has 2 fully saturated rings. The van der Waals surface area contributed by atoms with Gasteiger partial charge in [0.2, 0.25) is 5.91 Å². The Morgan fingerprint density at radius 2 is 2.13 bits per heavy atom. The third-order valence-electron chi connectivity index (χ3n) is 4.33. The number of para-hydroxylation sites is 1. The molecule has 0 aliphatic carbocycles. The van der Waals surface area contributed by atoms with Crippen molar-refractivity contribution in [1.82, 2.24) is 10.2 Å². The number of halogens is 1. The second-order valence-electron chi connectivity index (χ2n) is 6.03. The van der Waals surface area contributed by atoms with Crippen LogP contribution in [0, 0.1) is 0 Å². The third kappa shape index (κ3) is 4.59. The highest BCUT2D eigenvalue weighted by Gasteiger charge is 2.26. The van der Waals surface area contributed by atoms with Crippen LogP contribution in [0.15, 0.2) is 24.3 Å². The van der Waals surface area contributed by atoms with Gasteiger partial charge in [0, 0.05) is 39.0 Å². The minimum Gasteiger partial charge on any atom is -0.489 e. The number of nitrogens with zero attached hydrogens (tertiary/aromatic N) is 1. The van der Waals surface area contributed by atoms with Crippen molar-refractivity contribution in [1.29, 1.82) is 0 Å². The minimum absolute atomic E-state index is 0.00773. The van der Waals surface area contributed by atoms with Gasteiger partial charge in [-0.15, -0.1) is 0 Å². The number of hydrogen-bond donors (Lipinski definition) is 1. The molecule has 1 aromatic carbocycles. The first-order valence-corrected chi connectivity index (χ1v) is 8.61. The van der Waals surface area contributed by atoms with Gasteiger partial charge in [-0.3, -0.25) is 4.79 Å². The molecule has 23 heavy (non-hydrogen) atoms. The Hall–Kier alpha value is -1.30. The summed E-state index contributed by atoms with van der Waals surface area (Å²) in [6.45, 7) is 3.78. The number of ether oxygens (including phenoxy) is 2. The molecule has 0 spiro atoms. The maximum atomic E-state index is 12.3. The van der Waals surface area contributed by atoms with Crippen LogP contribution >= 0.6 is 11.6 Å². The molecule has 0 bridgehead atoms. The standard InChI is InChI=1S/C17H23ClN2O3/c18-15-3-1-2-4-16(15)23-13-5-8-20(9-6-13)17(21)11-14-12-19-7-10-22-14/h1-4,13-14,19H,5-12H2/t14-/m1/s1. The molecule has 2 aliphatic rings. The van der Waals surface area contributed by atoms with E-state index in [4.69, 9.17) is 21.1 Å². The second kappa shape index (κ2) is 7.99. The zero-order chi connectivity index (χ0) is 16.1. The summed E-state index contributed by atoms with van der Waals surface area (Å²) in [5.41, 5.74) is 0. The number of likely N-dealkylation sites (tertiary alicyclic amines) is 1. The smallest absolute Gasteiger partial charge is 0.225 e. The van der Waals surface area contributed by atoms with Crippen molar-refractivity contribution in [3.8, 4) is 5.75 Å². The van der Waals surface area contributed by atoms with Crippen LogP contribution in [0.2, 0.25) is 5.02 Å². The Balaban J connectivity index is 1.44. The van der Waals surface area contributed by atoms with Gasteiger partial charge >= 0.3 is 0 Å². The maximum Gasteiger partial charge on any atom is 0.225 e. The molecule has 1 atom stereocenters. The zero-order valence-electron chi connectivity index (χ0n) is 13.2. The van der Waals surface area contributed by atoms with Gasteiger partial charge in [-0.05, 0) is 12.1 Å². The van der Waals surface area contributed by atoms with E-state index in [1.165, 1.54) is 0 Å². The Morgan fingerprint density at radius 1 is 1.35 bits per heavy atom. The number of benzene rings is 1. The van der Waals surface area contributed by atoms with E-state index in [0.717, 1.165) is 44.8 Å². The van der Waals surface area contributed by atoms with E-state index in [1.54, 1.807) is 0 Å². The predicted octanol–water partition coefficient (Wildman–Crippen LogP) is 2.09. The van der Waals surface area contributed by atoms with Crippen LogP contribution in [0.5, 0.6) is 5.75 Å². The lowest BCUT2D eigenvalue weighted by atomic mass is 10.1. The minimum atomic E-state index is 0.00773. The van der Waals surface area contributed by atoms with Gasteiger partial charge in [-0.2, -0.15) is 0 Å². The molecule has 0 aromatic heterocycles. The van der Waals surface area contributed by atoms with Crippen molar-refractivity contribution in [3.05, 3.63) is 29.3 Å². The molecule has 5 nitrogen and oxygen atoms in total. The summed E-state index contributed by atoms with van der Waals surface area (Å²) in [5.74, 6) is 0.899. The molecule has 6 heteroatoms. The largest absolute Gasteiger partial charge is 0.489 e. The number of morpholine rings is 1. The summed E-state index contributed by atoms with van der Waals surface area (Å²) in [7, 11) is 0. The Labute approximate surface area is 141 Å². The normalized spacial score (nSPS) is 22.8. The van der Waals surface area contributed by atoms with Gasteiger partial charge in [0.05, 0.1) is 24.2 Å². The number of carbonyl (C=O) groups excluding carboxylic acids is 1. The summed E-state index contributed by atoms with van der Waals surface area (Å²) < 4.78 is 11.6. The Morgan fingerprint density at radius 3 is 2.83 bits per heavy atom. The fourth-order valence-electron chi connectivity index (χ4n) is 3.02. The van der Waals surface area contributed by atoms with E-state index >= 15 is 0 Å². The Bertz CT molecular complexity index is 526. The van der Waals surface area contributed by atoms with E-state index in [1.807, 2.05) is 29.2 Å². The van der Waals surface area contributed by atoms with Crippen LogP contribution in [0.4, 0.5) is 0 Å². The fourth-order valence-corrected chi connectivity index (χ4v) is 3.20. The molecular formula is C17H23ClN2O3. The topological polar surface area (TPSA) is 50.8 Å². The predicted molar refractivity (Wildman–Crippen MR) is 88.9 cm³/mol. The van der Waals surface area contributed by atoms with Crippen molar-refractivity contribution < 1.29 is 14.3 Å². The van der Waals surface area contributed by atoms with Crippen molar-refractivity contribution in [2.75, 3.05) is 32.8 Å². The summed E-state index contributed by atoms with van der Waals surface area (Å²) >= 11 is 6.12. The second-order valence-corrected chi connectivity index (χ2v) is 6.44. The number of amides is 1. The van der Waals surface area contributed by atoms with Gasteiger partial charge in [-0.1, -0.05) is 23.7 Å². The third-order valence-corrected chi connectivity index (χ3v) is 4.64. The van der Waals surface area contributed by atoms with Crippen molar-refractivity contribution in [2.45, 2.75) is 31.5 Å². The van der Waals surface area contributed by atoms with Crippen molar-refractivity contribution in [3.63, 3.8) is 0 Å².